The van der Waals surface area contributed by atoms with E-state index in [1.54, 1.807) is 5.56 Å². The molecule has 2 atom stereocenters. The molecule has 2 heterocycles. The van der Waals surface area contributed by atoms with Crippen LogP contribution >= 0.6 is 15.9 Å². The van der Waals surface area contributed by atoms with Crippen molar-refractivity contribution in [2.45, 2.75) is 24.8 Å². The molecule has 2 aromatic rings. The van der Waals surface area contributed by atoms with Crippen molar-refractivity contribution in [1.82, 2.24) is 4.90 Å². The van der Waals surface area contributed by atoms with Crippen LogP contribution in [0.4, 0.5) is 0 Å². The molecular formula is C18H18BrN. The van der Waals surface area contributed by atoms with Crippen molar-refractivity contribution in [2.75, 3.05) is 13.1 Å². The Morgan fingerprint density at radius 2 is 1.70 bits per heavy atom. The Morgan fingerprint density at radius 3 is 2.50 bits per heavy atom. The van der Waals surface area contributed by atoms with Gasteiger partial charge in [0.1, 0.15) is 0 Å². The van der Waals surface area contributed by atoms with Crippen molar-refractivity contribution in [3.05, 3.63) is 69.7 Å². The minimum Gasteiger partial charge on any atom is -0.295 e. The van der Waals surface area contributed by atoms with Crippen LogP contribution in [0, 0.1) is 0 Å². The molecule has 1 saturated heterocycles. The molecule has 2 unspecified atom stereocenters. The summed E-state index contributed by atoms with van der Waals surface area (Å²) in [5, 5.41) is 0. The van der Waals surface area contributed by atoms with Gasteiger partial charge in [-0.15, -0.1) is 0 Å². The van der Waals surface area contributed by atoms with E-state index in [1.165, 1.54) is 37.1 Å². The van der Waals surface area contributed by atoms with Crippen LogP contribution in [0.1, 0.15) is 41.5 Å². The maximum atomic E-state index is 3.54. The molecule has 20 heavy (non-hydrogen) atoms. The summed E-state index contributed by atoms with van der Waals surface area (Å²) in [5.41, 5.74) is 4.54. The van der Waals surface area contributed by atoms with Crippen LogP contribution in [-0.2, 0) is 0 Å². The van der Waals surface area contributed by atoms with Crippen molar-refractivity contribution in [2.24, 2.45) is 0 Å². The summed E-state index contributed by atoms with van der Waals surface area (Å²) in [5.74, 6) is 0.522. The van der Waals surface area contributed by atoms with Gasteiger partial charge in [0, 0.05) is 23.0 Å². The summed E-state index contributed by atoms with van der Waals surface area (Å²) in [6.07, 6.45) is 2.66. The van der Waals surface area contributed by atoms with Crippen LogP contribution in [-0.4, -0.2) is 18.0 Å². The van der Waals surface area contributed by atoms with Crippen LogP contribution < -0.4 is 0 Å². The fourth-order valence-electron chi connectivity index (χ4n) is 3.84. The highest BCUT2D eigenvalue weighted by molar-refractivity contribution is 9.10. The van der Waals surface area contributed by atoms with Crippen molar-refractivity contribution < 1.29 is 0 Å². The van der Waals surface area contributed by atoms with Crippen molar-refractivity contribution in [3.8, 4) is 0 Å². The van der Waals surface area contributed by atoms with Gasteiger partial charge < -0.3 is 0 Å². The van der Waals surface area contributed by atoms with E-state index < -0.39 is 0 Å². The largest absolute Gasteiger partial charge is 0.295 e. The molecule has 0 radical (unpaired) electrons. The second kappa shape index (κ2) is 5.01. The van der Waals surface area contributed by atoms with Gasteiger partial charge >= 0.3 is 0 Å². The van der Waals surface area contributed by atoms with Gasteiger partial charge in [-0.2, -0.15) is 0 Å². The van der Waals surface area contributed by atoms with Crippen LogP contribution in [0.3, 0.4) is 0 Å². The lowest BCUT2D eigenvalue weighted by molar-refractivity contribution is 0.230. The first kappa shape index (κ1) is 12.6. The molecule has 2 aromatic carbocycles. The lowest BCUT2D eigenvalue weighted by Gasteiger charge is -2.37. The molecule has 0 saturated carbocycles. The normalized spacial score (nSPS) is 25.2. The number of fused-ring (bicyclic) bond motifs is 3. The molecule has 102 valence electrons. The van der Waals surface area contributed by atoms with E-state index in [4.69, 9.17) is 0 Å². The van der Waals surface area contributed by atoms with E-state index in [1.807, 2.05) is 0 Å². The van der Waals surface area contributed by atoms with Crippen LogP contribution in [0.5, 0.6) is 0 Å². The molecule has 0 aromatic heterocycles. The van der Waals surface area contributed by atoms with E-state index in [9.17, 15) is 0 Å². The molecular weight excluding hydrogens is 310 g/mol. The van der Waals surface area contributed by atoms with E-state index in [0.29, 0.717) is 12.0 Å². The van der Waals surface area contributed by atoms with Crippen LogP contribution in [0.2, 0.25) is 0 Å². The first-order valence-electron chi connectivity index (χ1n) is 7.41. The Kier molecular flexibility index (Phi) is 3.16. The Morgan fingerprint density at radius 1 is 0.950 bits per heavy atom. The topological polar surface area (TPSA) is 3.24 Å². The number of nitrogens with zero attached hydrogens (tertiary/aromatic N) is 1. The summed E-state index contributed by atoms with van der Waals surface area (Å²) in [7, 11) is 0. The van der Waals surface area contributed by atoms with Crippen molar-refractivity contribution in [3.63, 3.8) is 0 Å². The first-order chi connectivity index (χ1) is 9.83. The van der Waals surface area contributed by atoms with E-state index in [0.717, 1.165) is 4.47 Å². The summed E-state index contributed by atoms with van der Waals surface area (Å²) >= 11 is 3.54. The molecule has 2 aliphatic rings. The molecule has 0 aliphatic carbocycles. The molecule has 1 fully saturated rings. The lowest BCUT2D eigenvalue weighted by Crippen LogP contribution is -2.34. The molecule has 0 N–H and O–H groups in total. The Balaban J connectivity index is 1.80. The molecule has 2 aliphatic heterocycles. The van der Waals surface area contributed by atoms with Gasteiger partial charge in [-0.05, 0) is 48.2 Å². The van der Waals surface area contributed by atoms with E-state index in [2.05, 4.69) is 69.4 Å². The van der Waals surface area contributed by atoms with Gasteiger partial charge in [0.05, 0.1) is 0 Å². The first-order valence-corrected chi connectivity index (χ1v) is 8.20. The zero-order chi connectivity index (χ0) is 13.5. The molecule has 0 amide bonds. The van der Waals surface area contributed by atoms with E-state index in [-0.39, 0.29) is 0 Å². The lowest BCUT2D eigenvalue weighted by atomic mass is 9.82. The minimum absolute atomic E-state index is 0.522. The van der Waals surface area contributed by atoms with E-state index >= 15 is 0 Å². The summed E-state index contributed by atoms with van der Waals surface area (Å²) < 4.78 is 1.16. The number of halogens is 1. The van der Waals surface area contributed by atoms with Crippen LogP contribution in [0.25, 0.3) is 0 Å². The Hall–Kier alpha value is -1.12. The van der Waals surface area contributed by atoms with Crippen molar-refractivity contribution >= 4 is 15.9 Å². The second-order valence-corrected chi connectivity index (χ2v) is 6.80. The number of benzene rings is 2. The average Bonchev–Trinajstić information content (AvgIpc) is 2.96. The predicted octanol–water partition coefficient (Wildman–Crippen LogP) is 4.73. The molecule has 0 spiro atoms. The van der Waals surface area contributed by atoms with Gasteiger partial charge in [-0.1, -0.05) is 52.3 Å². The maximum absolute atomic E-state index is 3.54. The average molecular weight is 328 g/mol. The zero-order valence-electron chi connectivity index (χ0n) is 11.4. The Bertz CT molecular complexity index is 620. The highest BCUT2D eigenvalue weighted by atomic mass is 79.9. The smallest absolute Gasteiger partial charge is 0.0351 e. The molecule has 4 rings (SSSR count). The SMILES string of the molecule is Brc1ccc(C2CN3CCCC3c3ccccc32)cc1. The second-order valence-electron chi connectivity index (χ2n) is 5.89. The number of hydrogen-bond donors (Lipinski definition) is 0. The predicted molar refractivity (Wildman–Crippen MR) is 86.0 cm³/mol. The van der Waals surface area contributed by atoms with Gasteiger partial charge in [0.2, 0.25) is 0 Å². The van der Waals surface area contributed by atoms with Gasteiger partial charge in [-0.3, -0.25) is 4.90 Å². The van der Waals surface area contributed by atoms with Gasteiger partial charge in [-0.25, -0.2) is 0 Å². The standard InChI is InChI=1S/C18H18BrN/c19-14-9-7-13(8-10-14)17-12-20-11-3-6-18(20)16-5-2-1-4-15(16)17/h1-2,4-5,7-10,17-18H,3,6,11-12H2. The molecule has 0 bridgehead atoms. The fraction of sp³-hybridized carbons (Fsp3) is 0.333. The zero-order valence-corrected chi connectivity index (χ0v) is 13.0. The summed E-state index contributed by atoms with van der Waals surface area (Å²) in [6, 6.07) is 18.6. The van der Waals surface area contributed by atoms with Crippen LogP contribution in [0.15, 0.2) is 53.0 Å². The quantitative estimate of drug-likeness (QED) is 0.731. The number of rotatable bonds is 1. The van der Waals surface area contributed by atoms with Gasteiger partial charge in [0.25, 0.3) is 0 Å². The van der Waals surface area contributed by atoms with Crippen molar-refractivity contribution in [1.29, 1.82) is 0 Å². The molecule has 1 nitrogen and oxygen atoms in total. The maximum Gasteiger partial charge on any atom is 0.0351 e. The summed E-state index contributed by atoms with van der Waals surface area (Å²) in [6.45, 7) is 2.43. The third kappa shape index (κ3) is 2.02. The number of hydrogen-bond acceptors (Lipinski definition) is 1. The third-order valence-corrected chi connectivity index (χ3v) is 5.31. The van der Waals surface area contributed by atoms with Gasteiger partial charge in [0.15, 0.2) is 0 Å². The summed E-state index contributed by atoms with van der Waals surface area (Å²) in [4.78, 5) is 2.68. The fourth-order valence-corrected chi connectivity index (χ4v) is 4.11. The highest BCUT2D eigenvalue weighted by Gasteiger charge is 2.35. The Labute approximate surface area is 128 Å². The molecule has 2 heteroatoms. The highest BCUT2D eigenvalue weighted by Crippen LogP contribution is 2.44. The minimum atomic E-state index is 0.522. The third-order valence-electron chi connectivity index (χ3n) is 4.78. The monoisotopic (exact) mass is 327 g/mol.